The van der Waals surface area contributed by atoms with Crippen molar-refractivity contribution in [2.45, 2.75) is 71.9 Å². The molecule has 0 aliphatic heterocycles. The molecule has 0 aromatic rings. The van der Waals surface area contributed by atoms with Crippen molar-refractivity contribution in [2.24, 2.45) is 11.8 Å². The summed E-state index contributed by atoms with van der Waals surface area (Å²) in [5.41, 5.74) is 0. The second-order valence-corrected chi connectivity index (χ2v) is 5.78. The van der Waals surface area contributed by atoms with Crippen LogP contribution >= 0.6 is 0 Å². The van der Waals surface area contributed by atoms with E-state index in [0.29, 0.717) is 12.1 Å². The lowest BCUT2D eigenvalue weighted by molar-refractivity contribution is -0.00762. The molecule has 0 saturated heterocycles. The number of ether oxygens (including phenoxy) is 1. The standard InChI is InChI=1S/C15H31NO/c1-5-9-16-14(6-2)11-17-15-8-7-12(3)13(4)10-15/h12-16H,5-11H2,1-4H3. The SMILES string of the molecule is CCCNC(CC)COC1CCC(C)C(C)C1. The molecule has 2 heteroatoms. The van der Waals surface area contributed by atoms with Crippen molar-refractivity contribution in [3.8, 4) is 0 Å². The fraction of sp³-hybridized carbons (Fsp3) is 1.00. The summed E-state index contributed by atoms with van der Waals surface area (Å²) in [4.78, 5) is 0. The zero-order valence-corrected chi connectivity index (χ0v) is 12.2. The van der Waals surface area contributed by atoms with E-state index in [2.05, 4.69) is 33.0 Å². The van der Waals surface area contributed by atoms with Crippen molar-refractivity contribution in [3.05, 3.63) is 0 Å². The van der Waals surface area contributed by atoms with Crippen molar-refractivity contribution < 1.29 is 4.74 Å². The van der Waals surface area contributed by atoms with Gasteiger partial charge in [-0.1, -0.05) is 27.7 Å². The van der Waals surface area contributed by atoms with Gasteiger partial charge in [-0.2, -0.15) is 0 Å². The molecule has 1 fully saturated rings. The van der Waals surface area contributed by atoms with Crippen LogP contribution in [0.4, 0.5) is 0 Å². The molecule has 102 valence electrons. The minimum absolute atomic E-state index is 0.513. The van der Waals surface area contributed by atoms with Crippen molar-refractivity contribution in [2.75, 3.05) is 13.2 Å². The smallest absolute Gasteiger partial charge is 0.0623 e. The van der Waals surface area contributed by atoms with Gasteiger partial charge in [0, 0.05) is 6.04 Å². The first-order chi connectivity index (χ1) is 8.17. The lowest BCUT2D eigenvalue weighted by Crippen LogP contribution is -2.36. The van der Waals surface area contributed by atoms with E-state index >= 15 is 0 Å². The molecular formula is C15H31NO. The maximum Gasteiger partial charge on any atom is 0.0623 e. The topological polar surface area (TPSA) is 21.3 Å². The molecule has 1 saturated carbocycles. The Morgan fingerprint density at radius 1 is 1.18 bits per heavy atom. The fourth-order valence-corrected chi connectivity index (χ4v) is 2.57. The van der Waals surface area contributed by atoms with Crippen LogP contribution < -0.4 is 5.32 Å². The first-order valence-corrected chi connectivity index (χ1v) is 7.52. The Morgan fingerprint density at radius 2 is 1.94 bits per heavy atom. The molecular weight excluding hydrogens is 210 g/mol. The highest BCUT2D eigenvalue weighted by atomic mass is 16.5. The van der Waals surface area contributed by atoms with Gasteiger partial charge in [-0.05, 0) is 50.5 Å². The van der Waals surface area contributed by atoms with Crippen LogP contribution in [0.15, 0.2) is 0 Å². The van der Waals surface area contributed by atoms with E-state index in [-0.39, 0.29) is 0 Å². The van der Waals surface area contributed by atoms with Crippen molar-refractivity contribution >= 4 is 0 Å². The van der Waals surface area contributed by atoms with Crippen LogP contribution in [0, 0.1) is 11.8 Å². The second kappa shape index (κ2) is 8.10. The minimum Gasteiger partial charge on any atom is -0.377 e. The summed E-state index contributed by atoms with van der Waals surface area (Å²) >= 11 is 0. The van der Waals surface area contributed by atoms with Gasteiger partial charge >= 0.3 is 0 Å². The summed E-state index contributed by atoms with van der Waals surface area (Å²) in [7, 11) is 0. The Hall–Kier alpha value is -0.0800. The average Bonchev–Trinajstić information content (AvgIpc) is 2.34. The lowest BCUT2D eigenvalue weighted by atomic mass is 9.80. The molecule has 1 rings (SSSR count). The van der Waals surface area contributed by atoms with Gasteiger partial charge in [0.25, 0.3) is 0 Å². The van der Waals surface area contributed by atoms with Gasteiger partial charge in [-0.15, -0.1) is 0 Å². The second-order valence-electron chi connectivity index (χ2n) is 5.78. The maximum absolute atomic E-state index is 6.09. The summed E-state index contributed by atoms with van der Waals surface area (Å²) in [6.45, 7) is 11.2. The zero-order chi connectivity index (χ0) is 12.7. The van der Waals surface area contributed by atoms with Gasteiger partial charge in [0.2, 0.25) is 0 Å². The summed E-state index contributed by atoms with van der Waals surface area (Å²) in [5.74, 6) is 1.72. The molecule has 0 spiro atoms. The van der Waals surface area contributed by atoms with Crippen LogP contribution in [-0.4, -0.2) is 25.3 Å². The Bertz CT molecular complexity index is 195. The first kappa shape index (κ1) is 15.0. The molecule has 1 aliphatic carbocycles. The minimum atomic E-state index is 0.513. The Kier molecular flexibility index (Phi) is 7.14. The molecule has 4 unspecified atom stereocenters. The van der Waals surface area contributed by atoms with Crippen LogP contribution in [0.25, 0.3) is 0 Å². The summed E-state index contributed by atoms with van der Waals surface area (Å²) in [6.07, 6.45) is 6.73. The van der Waals surface area contributed by atoms with Crippen molar-refractivity contribution in [3.63, 3.8) is 0 Å². The number of nitrogens with one attached hydrogen (secondary N) is 1. The molecule has 0 aromatic carbocycles. The van der Waals surface area contributed by atoms with Gasteiger partial charge in [-0.25, -0.2) is 0 Å². The van der Waals surface area contributed by atoms with Gasteiger partial charge in [0.05, 0.1) is 12.7 Å². The molecule has 0 aromatic heterocycles. The van der Waals surface area contributed by atoms with Crippen LogP contribution in [0.1, 0.15) is 59.8 Å². The third kappa shape index (κ3) is 5.39. The van der Waals surface area contributed by atoms with E-state index in [9.17, 15) is 0 Å². The van der Waals surface area contributed by atoms with E-state index in [1.807, 2.05) is 0 Å². The number of rotatable bonds is 7. The Morgan fingerprint density at radius 3 is 2.53 bits per heavy atom. The quantitative estimate of drug-likeness (QED) is 0.735. The summed E-state index contributed by atoms with van der Waals surface area (Å²) < 4.78 is 6.09. The van der Waals surface area contributed by atoms with E-state index in [1.54, 1.807) is 0 Å². The molecule has 4 atom stereocenters. The zero-order valence-electron chi connectivity index (χ0n) is 12.2. The Balaban J connectivity index is 2.20. The monoisotopic (exact) mass is 241 g/mol. The average molecular weight is 241 g/mol. The van der Waals surface area contributed by atoms with E-state index < -0.39 is 0 Å². The maximum atomic E-state index is 6.09. The van der Waals surface area contributed by atoms with E-state index in [1.165, 1.54) is 32.1 Å². The molecule has 0 bridgehead atoms. The van der Waals surface area contributed by atoms with Crippen LogP contribution in [0.3, 0.4) is 0 Å². The highest BCUT2D eigenvalue weighted by Gasteiger charge is 2.25. The number of hydrogen-bond acceptors (Lipinski definition) is 2. The molecule has 0 radical (unpaired) electrons. The lowest BCUT2D eigenvalue weighted by Gasteiger charge is -2.32. The third-order valence-corrected chi connectivity index (χ3v) is 4.26. The Labute approximate surface area is 108 Å². The van der Waals surface area contributed by atoms with Gasteiger partial charge in [-0.3, -0.25) is 0 Å². The number of hydrogen-bond donors (Lipinski definition) is 1. The molecule has 2 nitrogen and oxygen atoms in total. The van der Waals surface area contributed by atoms with E-state index in [0.717, 1.165) is 25.0 Å². The van der Waals surface area contributed by atoms with Crippen molar-refractivity contribution in [1.82, 2.24) is 5.32 Å². The predicted molar refractivity (Wildman–Crippen MR) is 74.3 cm³/mol. The first-order valence-electron chi connectivity index (χ1n) is 7.52. The molecule has 1 N–H and O–H groups in total. The highest BCUT2D eigenvalue weighted by Crippen LogP contribution is 2.30. The third-order valence-electron chi connectivity index (χ3n) is 4.26. The molecule has 17 heavy (non-hydrogen) atoms. The molecule has 1 aliphatic rings. The van der Waals surface area contributed by atoms with Crippen LogP contribution in [0.2, 0.25) is 0 Å². The predicted octanol–water partition coefficient (Wildman–Crippen LogP) is 3.61. The molecule has 0 heterocycles. The largest absolute Gasteiger partial charge is 0.377 e. The van der Waals surface area contributed by atoms with Gasteiger partial charge in [0.15, 0.2) is 0 Å². The van der Waals surface area contributed by atoms with Gasteiger partial charge < -0.3 is 10.1 Å². The summed E-state index contributed by atoms with van der Waals surface area (Å²) in [6, 6.07) is 0.546. The van der Waals surface area contributed by atoms with E-state index in [4.69, 9.17) is 4.74 Å². The van der Waals surface area contributed by atoms with Crippen LogP contribution in [-0.2, 0) is 4.74 Å². The molecule has 0 amide bonds. The van der Waals surface area contributed by atoms with Gasteiger partial charge in [0.1, 0.15) is 0 Å². The van der Waals surface area contributed by atoms with Crippen LogP contribution in [0.5, 0.6) is 0 Å². The highest BCUT2D eigenvalue weighted by molar-refractivity contribution is 4.76. The normalized spacial score (nSPS) is 31.4. The fourth-order valence-electron chi connectivity index (χ4n) is 2.57. The van der Waals surface area contributed by atoms with Crippen molar-refractivity contribution in [1.29, 1.82) is 0 Å². The summed E-state index contributed by atoms with van der Waals surface area (Å²) in [5, 5.41) is 3.55.